The third kappa shape index (κ3) is 3.04. The van der Waals surface area contributed by atoms with Crippen molar-refractivity contribution >= 4 is 17.7 Å². The van der Waals surface area contributed by atoms with Gasteiger partial charge in [-0.25, -0.2) is 0 Å². The van der Waals surface area contributed by atoms with Gasteiger partial charge in [-0.1, -0.05) is 30.3 Å². The fourth-order valence-corrected chi connectivity index (χ4v) is 3.05. The number of carbonyl (C=O) groups is 3. The lowest BCUT2D eigenvalue weighted by molar-refractivity contribution is 0.0671. The molecule has 1 aliphatic heterocycles. The molecule has 0 spiro atoms. The van der Waals surface area contributed by atoms with Gasteiger partial charge in [0.15, 0.2) is 0 Å². The van der Waals surface area contributed by atoms with Crippen LogP contribution in [0.4, 0.5) is 0 Å². The summed E-state index contributed by atoms with van der Waals surface area (Å²) >= 11 is 0. The molecule has 0 atom stereocenters. The Bertz CT molecular complexity index is 917. The van der Waals surface area contributed by atoms with Crippen LogP contribution < -0.4 is 0 Å². The van der Waals surface area contributed by atoms with Crippen LogP contribution in [0, 0.1) is 6.92 Å². The van der Waals surface area contributed by atoms with Crippen molar-refractivity contribution in [3.8, 4) is 0 Å². The summed E-state index contributed by atoms with van der Waals surface area (Å²) in [5, 5.41) is 0. The number of nitrogens with zero attached hydrogens (tertiary/aromatic N) is 2. The second-order valence-electron chi connectivity index (χ2n) is 6.36. The molecule has 0 saturated carbocycles. The predicted octanol–water partition coefficient (Wildman–Crippen LogP) is 3.05. The molecule has 1 aliphatic rings. The van der Waals surface area contributed by atoms with Gasteiger partial charge in [-0.2, -0.15) is 0 Å². The fraction of sp³-hybridized carbons (Fsp3) is 0.190. The van der Waals surface area contributed by atoms with E-state index in [1.165, 1.54) is 12.1 Å². The van der Waals surface area contributed by atoms with E-state index >= 15 is 0 Å². The van der Waals surface area contributed by atoms with E-state index in [9.17, 15) is 14.4 Å². The molecular formula is C21H20N2O3. The molecule has 0 N–H and O–H groups in total. The Balaban J connectivity index is 1.84. The molecule has 2 aromatic rings. The van der Waals surface area contributed by atoms with Crippen molar-refractivity contribution in [1.82, 2.24) is 9.80 Å². The molecule has 132 valence electrons. The second-order valence-corrected chi connectivity index (χ2v) is 6.36. The van der Waals surface area contributed by atoms with Crippen molar-refractivity contribution in [2.45, 2.75) is 13.5 Å². The number of fused-ring (bicyclic) bond motifs is 1. The highest BCUT2D eigenvalue weighted by molar-refractivity contribution is 6.22. The van der Waals surface area contributed by atoms with Crippen LogP contribution >= 0.6 is 0 Å². The van der Waals surface area contributed by atoms with Gasteiger partial charge in [0.2, 0.25) is 0 Å². The van der Waals surface area contributed by atoms with Gasteiger partial charge in [0, 0.05) is 25.7 Å². The first kappa shape index (κ1) is 17.6. The van der Waals surface area contributed by atoms with Crippen LogP contribution in [-0.4, -0.2) is 41.1 Å². The molecule has 0 aromatic heterocycles. The highest BCUT2D eigenvalue weighted by atomic mass is 16.2. The zero-order valence-corrected chi connectivity index (χ0v) is 14.9. The fourth-order valence-electron chi connectivity index (χ4n) is 3.05. The summed E-state index contributed by atoms with van der Waals surface area (Å²) in [5.41, 5.74) is 3.17. The van der Waals surface area contributed by atoms with Crippen LogP contribution in [0.3, 0.4) is 0 Å². The average Bonchev–Trinajstić information content (AvgIpc) is 2.88. The van der Waals surface area contributed by atoms with Crippen molar-refractivity contribution in [3.05, 3.63) is 82.9 Å². The van der Waals surface area contributed by atoms with Gasteiger partial charge in [-0.15, -0.1) is 6.58 Å². The molecule has 0 aliphatic carbocycles. The highest BCUT2D eigenvalue weighted by Crippen LogP contribution is 2.24. The lowest BCUT2D eigenvalue weighted by Gasteiger charge is -2.19. The van der Waals surface area contributed by atoms with E-state index in [1.807, 2.05) is 31.2 Å². The molecule has 0 unspecified atom stereocenters. The van der Waals surface area contributed by atoms with Gasteiger partial charge >= 0.3 is 0 Å². The molecule has 3 amide bonds. The molecule has 1 heterocycles. The van der Waals surface area contributed by atoms with Gasteiger partial charge in [0.05, 0.1) is 11.1 Å². The SMILES string of the molecule is C=CCN1C(=O)c2ccc(C(=O)N(C)Cc3ccccc3C)cc2C1=O. The summed E-state index contributed by atoms with van der Waals surface area (Å²) in [7, 11) is 1.72. The number of benzene rings is 2. The van der Waals surface area contributed by atoms with E-state index in [-0.39, 0.29) is 29.8 Å². The van der Waals surface area contributed by atoms with Crippen molar-refractivity contribution in [2.75, 3.05) is 13.6 Å². The monoisotopic (exact) mass is 348 g/mol. The second kappa shape index (κ2) is 6.96. The molecule has 5 nitrogen and oxygen atoms in total. The number of amides is 3. The van der Waals surface area contributed by atoms with E-state index in [1.54, 1.807) is 24.1 Å². The maximum absolute atomic E-state index is 12.8. The minimum atomic E-state index is -0.388. The molecule has 0 saturated heterocycles. The zero-order valence-electron chi connectivity index (χ0n) is 14.9. The molecule has 3 rings (SSSR count). The Morgan fingerprint density at radius 1 is 1.12 bits per heavy atom. The van der Waals surface area contributed by atoms with Gasteiger partial charge in [-0.05, 0) is 36.2 Å². The van der Waals surface area contributed by atoms with Gasteiger partial charge in [0.25, 0.3) is 17.7 Å². The number of aryl methyl sites for hydroxylation is 1. The van der Waals surface area contributed by atoms with E-state index in [2.05, 4.69) is 6.58 Å². The van der Waals surface area contributed by atoms with Gasteiger partial charge in [0.1, 0.15) is 0 Å². The maximum atomic E-state index is 12.8. The number of imide groups is 1. The highest BCUT2D eigenvalue weighted by Gasteiger charge is 2.35. The van der Waals surface area contributed by atoms with Crippen LogP contribution in [0.5, 0.6) is 0 Å². The van der Waals surface area contributed by atoms with Crippen molar-refractivity contribution < 1.29 is 14.4 Å². The summed E-state index contributed by atoms with van der Waals surface area (Å²) in [6, 6.07) is 12.5. The third-order valence-corrected chi connectivity index (χ3v) is 4.54. The van der Waals surface area contributed by atoms with Crippen molar-refractivity contribution in [2.24, 2.45) is 0 Å². The lowest BCUT2D eigenvalue weighted by atomic mass is 10.0. The van der Waals surface area contributed by atoms with Crippen LogP contribution in [0.1, 0.15) is 42.2 Å². The molecule has 5 heteroatoms. The molecule has 2 aromatic carbocycles. The quantitative estimate of drug-likeness (QED) is 0.616. The molecule has 0 radical (unpaired) electrons. The average molecular weight is 348 g/mol. The number of hydrogen-bond donors (Lipinski definition) is 0. The molecular weight excluding hydrogens is 328 g/mol. The predicted molar refractivity (Wildman–Crippen MR) is 99.0 cm³/mol. The maximum Gasteiger partial charge on any atom is 0.261 e. The van der Waals surface area contributed by atoms with E-state index in [4.69, 9.17) is 0 Å². The Morgan fingerprint density at radius 2 is 1.81 bits per heavy atom. The lowest BCUT2D eigenvalue weighted by Crippen LogP contribution is -2.29. The van der Waals surface area contributed by atoms with Gasteiger partial charge in [-0.3, -0.25) is 19.3 Å². The summed E-state index contributed by atoms with van der Waals surface area (Å²) < 4.78 is 0. The van der Waals surface area contributed by atoms with Crippen molar-refractivity contribution in [3.63, 3.8) is 0 Å². The molecule has 0 bridgehead atoms. The molecule has 0 fully saturated rings. The minimum absolute atomic E-state index is 0.156. The Hall–Kier alpha value is -3.21. The normalized spacial score (nSPS) is 12.9. The largest absolute Gasteiger partial charge is 0.337 e. The smallest absolute Gasteiger partial charge is 0.261 e. The first-order chi connectivity index (χ1) is 12.4. The zero-order chi connectivity index (χ0) is 18.8. The number of hydrogen-bond acceptors (Lipinski definition) is 3. The van der Waals surface area contributed by atoms with E-state index < -0.39 is 0 Å². The third-order valence-electron chi connectivity index (χ3n) is 4.54. The molecule has 26 heavy (non-hydrogen) atoms. The number of rotatable bonds is 5. The Labute approximate surface area is 152 Å². The topological polar surface area (TPSA) is 57.7 Å². The summed E-state index contributed by atoms with van der Waals surface area (Å²) in [5.74, 6) is -0.934. The van der Waals surface area contributed by atoms with Crippen LogP contribution in [0.15, 0.2) is 55.1 Å². The standard InChI is InChI=1S/C21H20N2O3/c1-4-11-23-20(25)17-10-9-15(12-18(17)21(23)26)19(24)22(3)13-16-8-6-5-7-14(16)2/h4-10,12H,1,11,13H2,2-3H3. The van der Waals surface area contributed by atoms with Crippen LogP contribution in [0.2, 0.25) is 0 Å². The van der Waals surface area contributed by atoms with E-state index in [0.717, 1.165) is 16.0 Å². The van der Waals surface area contributed by atoms with Crippen LogP contribution in [-0.2, 0) is 6.54 Å². The van der Waals surface area contributed by atoms with E-state index in [0.29, 0.717) is 17.7 Å². The minimum Gasteiger partial charge on any atom is -0.337 e. The Kier molecular flexibility index (Phi) is 4.71. The van der Waals surface area contributed by atoms with Crippen LogP contribution in [0.25, 0.3) is 0 Å². The van der Waals surface area contributed by atoms with Crippen molar-refractivity contribution in [1.29, 1.82) is 0 Å². The Morgan fingerprint density at radius 3 is 2.50 bits per heavy atom. The summed E-state index contributed by atoms with van der Waals surface area (Å²) in [6.45, 7) is 6.19. The summed E-state index contributed by atoms with van der Waals surface area (Å²) in [4.78, 5) is 40.2. The first-order valence-electron chi connectivity index (χ1n) is 8.35. The number of carbonyl (C=O) groups excluding carboxylic acids is 3. The van der Waals surface area contributed by atoms with Gasteiger partial charge < -0.3 is 4.90 Å². The first-order valence-corrected chi connectivity index (χ1v) is 8.35. The summed E-state index contributed by atoms with van der Waals surface area (Å²) in [6.07, 6.45) is 1.50.